The maximum atomic E-state index is 6.12. The highest BCUT2D eigenvalue weighted by Gasteiger charge is 2.08. The Balaban J connectivity index is 1.89. The maximum Gasteiger partial charge on any atom is 0.142 e. The summed E-state index contributed by atoms with van der Waals surface area (Å²) in [5, 5.41) is 4.01. The molecule has 0 aromatic heterocycles. The third-order valence-corrected chi connectivity index (χ3v) is 3.70. The maximum absolute atomic E-state index is 6.12. The highest BCUT2D eigenvalue weighted by atomic mass is 35.5. The average Bonchev–Trinajstić information content (AvgIpc) is 2.56. The molecule has 0 bridgehead atoms. The summed E-state index contributed by atoms with van der Waals surface area (Å²) in [6.45, 7) is 5.57. The van der Waals surface area contributed by atoms with Crippen molar-refractivity contribution in [1.82, 2.24) is 0 Å². The standard InChI is InChI=1S/C19H24ClNO2/c1-3-4-13-22-19-12-8-6-10-17(19)21-14-15(2)23-18-11-7-5-9-16(18)20/h5-12,15,21H,3-4,13-14H2,1-2H3. The van der Waals surface area contributed by atoms with Gasteiger partial charge in [0.1, 0.15) is 17.6 Å². The summed E-state index contributed by atoms with van der Waals surface area (Å²) in [4.78, 5) is 0. The molecule has 0 fully saturated rings. The number of para-hydroxylation sites is 3. The number of anilines is 1. The van der Waals surface area contributed by atoms with Gasteiger partial charge in [-0.05, 0) is 37.6 Å². The molecule has 0 heterocycles. The molecule has 23 heavy (non-hydrogen) atoms. The Labute approximate surface area is 143 Å². The molecule has 0 saturated carbocycles. The van der Waals surface area contributed by atoms with Gasteiger partial charge in [0.2, 0.25) is 0 Å². The van der Waals surface area contributed by atoms with Crippen molar-refractivity contribution in [3.05, 3.63) is 53.6 Å². The first-order valence-corrected chi connectivity index (χ1v) is 8.45. The fourth-order valence-corrected chi connectivity index (χ4v) is 2.30. The van der Waals surface area contributed by atoms with E-state index in [0.717, 1.165) is 30.9 Å². The molecule has 1 atom stereocenters. The van der Waals surface area contributed by atoms with E-state index in [1.165, 1.54) is 0 Å². The van der Waals surface area contributed by atoms with E-state index in [1.807, 2.05) is 55.5 Å². The molecule has 124 valence electrons. The van der Waals surface area contributed by atoms with Gasteiger partial charge in [-0.1, -0.05) is 49.2 Å². The molecule has 0 amide bonds. The molecule has 3 nitrogen and oxygen atoms in total. The summed E-state index contributed by atoms with van der Waals surface area (Å²) in [6, 6.07) is 15.5. The zero-order valence-electron chi connectivity index (χ0n) is 13.7. The van der Waals surface area contributed by atoms with Crippen LogP contribution in [0.1, 0.15) is 26.7 Å². The first-order valence-electron chi connectivity index (χ1n) is 8.07. The van der Waals surface area contributed by atoms with Gasteiger partial charge < -0.3 is 14.8 Å². The number of hydrogen-bond acceptors (Lipinski definition) is 3. The van der Waals surface area contributed by atoms with E-state index in [1.54, 1.807) is 0 Å². The van der Waals surface area contributed by atoms with Crippen LogP contribution < -0.4 is 14.8 Å². The molecule has 0 radical (unpaired) electrons. The molecule has 0 aliphatic heterocycles. The quantitative estimate of drug-likeness (QED) is 0.623. The van der Waals surface area contributed by atoms with E-state index in [2.05, 4.69) is 12.2 Å². The SMILES string of the molecule is CCCCOc1ccccc1NCC(C)Oc1ccccc1Cl. The van der Waals surface area contributed by atoms with Gasteiger partial charge in [0, 0.05) is 0 Å². The lowest BCUT2D eigenvalue weighted by Gasteiger charge is -2.18. The molecule has 2 aromatic carbocycles. The molecule has 0 spiro atoms. The lowest BCUT2D eigenvalue weighted by atomic mass is 10.2. The van der Waals surface area contributed by atoms with Crippen LogP contribution in [0.4, 0.5) is 5.69 Å². The summed E-state index contributed by atoms with van der Waals surface area (Å²) in [7, 11) is 0. The van der Waals surface area contributed by atoms with Gasteiger partial charge in [-0.25, -0.2) is 0 Å². The van der Waals surface area contributed by atoms with Crippen LogP contribution in [0.25, 0.3) is 0 Å². The fraction of sp³-hybridized carbons (Fsp3) is 0.368. The molecular weight excluding hydrogens is 310 g/mol. The number of rotatable bonds is 9. The summed E-state index contributed by atoms with van der Waals surface area (Å²) >= 11 is 6.12. The number of ether oxygens (including phenoxy) is 2. The van der Waals surface area contributed by atoms with Crippen molar-refractivity contribution in [2.45, 2.75) is 32.8 Å². The smallest absolute Gasteiger partial charge is 0.142 e. The fourth-order valence-electron chi connectivity index (χ4n) is 2.12. The van der Waals surface area contributed by atoms with Gasteiger partial charge in [-0.15, -0.1) is 0 Å². The Hall–Kier alpha value is -1.87. The van der Waals surface area contributed by atoms with Crippen LogP contribution in [0.15, 0.2) is 48.5 Å². The Bertz CT molecular complexity index is 603. The van der Waals surface area contributed by atoms with Crippen molar-refractivity contribution >= 4 is 17.3 Å². The van der Waals surface area contributed by atoms with Crippen LogP contribution in [-0.4, -0.2) is 19.3 Å². The third-order valence-electron chi connectivity index (χ3n) is 3.39. The zero-order chi connectivity index (χ0) is 16.5. The summed E-state index contributed by atoms with van der Waals surface area (Å²) in [5.41, 5.74) is 0.984. The second-order valence-corrected chi connectivity index (χ2v) is 5.85. The molecule has 4 heteroatoms. The van der Waals surface area contributed by atoms with Crippen molar-refractivity contribution < 1.29 is 9.47 Å². The molecule has 0 aliphatic carbocycles. The summed E-state index contributed by atoms with van der Waals surface area (Å²) < 4.78 is 11.7. The number of halogens is 1. The number of nitrogens with one attached hydrogen (secondary N) is 1. The van der Waals surface area contributed by atoms with Crippen molar-refractivity contribution in [2.75, 3.05) is 18.5 Å². The highest BCUT2D eigenvalue weighted by Crippen LogP contribution is 2.26. The lowest BCUT2D eigenvalue weighted by Crippen LogP contribution is -2.23. The van der Waals surface area contributed by atoms with E-state index in [4.69, 9.17) is 21.1 Å². The van der Waals surface area contributed by atoms with Crippen LogP contribution >= 0.6 is 11.6 Å². The topological polar surface area (TPSA) is 30.5 Å². The monoisotopic (exact) mass is 333 g/mol. The van der Waals surface area contributed by atoms with Gasteiger partial charge in [0.25, 0.3) is 0 Å². The number of unbranched alkanes of at least 4 members (excludes halogenated alkanes) is 1. The van der Waals surface area contributed by atoms with E-state index in [-0.39, 0.29) is 6.10 Å². The minimum absolute atomic E-state index is 0.0152. The molecular formula is C19H24ClNO2. The molecule has 0 aliphatic rings. The van der Waals surface area contributed by atoms with Gasteiger partial charge in [0.05, 0.1) is 23.9 Å². The second-order valence-electron chi connectivity index (χ2n) is 5.44. The minimum atomic E-state index is -0.0152. The first-order chi connectivity index (χ1) is 11.2. The molecule has 2 aromatic rings. The van der Waals surface area contributed by atoms with Crippen LogP contribution in [0.3, 0.4) is 0 Å². The average molecular weight is 334 g/mol. The van der Waals surface area contributed by atoms with Crippen molar-refractivity contribution in [2.24, 2.45) is 0 Å². The molecule has 1 unspecified atom stereocenters. The number of hydrogen-bond donors (Lipinski definition) is 1. The van der Waals surface area contributed by atoms with Gasteiger partial charge in [-0.2, -0.15) is 0 Å². The van der Waals surface area contributed by atoms with Crippen molar-refractivity contribution in [1.29, 1.82) is 0 Å². The van der Waals surface area contributed by atoms with Crippen molar-refractivity contribution in [3.63, 3.8) is 0 Å². The predicted octanol–water partition coefficient (Wildman–Crippen LogP) is 5.40. The van der Waals surface area contributed by atoms with E-state index in [9.17, 15) is 0 Å². The van der Waals surface area contributed by atoms with Crippen LogP contribution in [0.5, 0.6) is 11.5 Å². The highest BCUT2D eigenvalue weighted by molar-refractivity contribution is 6.32. The summed E-state index contributed by atoms with van der Waals surface area (Å²) in [6.07, 6.45) is 2.16. The Morgan fingerprint density at radius 2 is 1.74 bits per heavy atom. The Morgan fingerprint density at radius 1 is 1.04 bits per heavy atom. The lowest BCUT2D eigenvalue weighted by molar-refractivity contribution is 0.234. The summed E-state index contributed by atoms with van der Waals surface area (Å²) in [5.74, 6) is 1.59. The normalized spacial score (nSPS) is 11.8. The van der Waals surface area contributed by atoms with Gasteiger partial charge >= 0.3 is 0 Å². The number of benzene rings is 2. The van der Waals surface area contributed by atoms with E-state index in [0.29, 0.717) is 17.3 Å². The Morgan fingerprint density at radius 3 is 2.48 bits per heavy atom. The van der Waals surface area contributed by atoms with Crippen LogP contribution in [0, 0.1) is 0 Å². The Kier molecular flexibility index (Phi) is 7.08. The van der Waals surface area contributed by atoms with E-state index < -0.39 is 0 Å². The van der Waals surface area contributed by atoms with E-state index >= 15 is 0 Å². The first kappa shape index (κ1) is 17.5. The second kappa shape index (κ2) is 9.31. The van der Waals surface area contributed by atoms with Crippen LogP contribution in [0.2, 0.25) is 5.02 Å². The van der Waals surface area contributed by atoms with Crippen molar-refractivity contribution in [3.8, 4) is 11.5 Å². The zero-order valence-corrected chi connectivity index (χ0v) is 14.5. The van der Waals surface area contributed by atoms with Gasteiger partial charge in [0.15, 0.2) is 0 Å². The molecule has 1 N–H and O–H groups in total. The largest absolute Gasteiger partial charge is 0.491 e. The predicted molar refractivity (Wildman–Crippen MR) is 96.9 cm³/mol. The van der Waals surface area contributed by atoms with Crippen LogP contribution in [-0.2, 0) is 0 Å². The third kappa shape index (κ3) is 5.68. The molecule has 2 rings (SSSR count). The molecule has 0 saturated heterocycles. The van der Waals surface area contributed by atoms with Gasteiger partial charge in [-0.3, -0.25) is 0 Å². The minimum Gasteiger partial charge on any atom is -0.491 e.